The minimum Gasteiger partial charge on any atom is -0.393 e. The van der Waals surface area contributed by atoms with Crippen LogP contribution in [0.25, 0.3) is 0 Å². The minimum absolute atomic E-state index is 0.115. The highest BCUT2D eigenvalue weighted by molar-refractivity contribution is 7.91. The fourth-order valence-corrected chi connectivity index (χ4v) is 2.57. The van der Waals surface area contributed by atoms with E-state index in [1.165, 1.54) is 12.1 Å². The van der Waals surface area contributed by atoms with Gasteiger partial charge in [0.05, 0.1) is 11.9 Å². The van der Waals surface area contributed by atoms with E-state index in [1.54, 1.807) is 19.1 Å². The summed E-state index contributed by atoms with van der Waals surface area (Å²) in [5.74, 6) is -0.0485. The second-order valence-electron chi connectivity index (χ2n) is 4.36. The molecule has 0 saturated carbocycles. The molecule has 1 atom stereocenters. The Labute approximate surface area is 108 Å². The van der Waals surface area contributed by atoms with Crippen molar-refractivity contribution < 1.29 is 17.9 Å². The van der Waals surface area contributed by atoms with Crippen LogP contribution in [0.2, 0.25) is 0 Å². The maximum atomic E-state index is 12.7. The molecular weight excluding hydrogens is 255 g/mol. The molecule has 0 aliphatic carbocycles. The summed E-state index contributed by atoms with van der Waals surface area (Å²) in [6.45, 7) is 1.62. The van der Waals surface area contributed by atoms with Crippen LogP contribution in [0, 0.1) is 5.82 Å². The van der Waals surface area contributed by atoms with Crippen LogP contribution in [-0.2, 0) is 16.3 Å². The first-order valence-electron chi connectivity index (χ1n) is 6.06. The van der Waals surface area contributed by atoms with Crippen molar-refractivity contribution in [3.63, 3.8) is 0 Å². The van der Waals surface area contributed by atoms with Gasteiger partial charge in [-0.15, -0.1) is 0 Å². The number of aliphatic hydroxyl groups excluding tert-OH is 1. The fourth-order valence-electron chi connectivity index (χ4n) is 1.68. The predicted octanol–water partition coefficient (Wildman–Crippen LogP) is 1.94. The van der Waals surface area contributed by atoms with Gasteiger partial charge in [-0.1, -0.05) is 19.1 Å². The lowest BCUT2D eigenvalue weighted by atomic mass is 10.0. The number of sulfone groups is 1. The van der Waals surface area contributed by atoms with E-state index in [9.17, 15) is 17.9 Å². The van der Waals surface area contributed by atoms with Crippen LogP contribution in [0.3, 0.4) is 0 Å². The quantitative estimate of drug-likeness (QED) is 0.826. The number of halogens is 1. The van der Waals surface area contributed by atoms with Gasteiger partial charge in [0.1, 0.15) is 15.7 Å². The largest absolute Gasteiger partial charge is 0.393 e. The zero-order valence-corrected chi connectivity index (χ0v) is 11.3. The summed E-state index contributed by atoms with van der Waals surface area (Å²) in [7, 11) is -2.95. The summed E-state index contributed by atoms with van der Waals surface area (Å²) in [6.07, 6.45) is 0.740. The van der Waals surface area contributed by atoms with Gasteiger partial charge >= 0.3 is 0 Å². The Hall–Kier alpha value is -0.940. The van der Waals surface area contributed by atoms with Gasteiger partial charge in [0.25, 0.3) is 0 Å². The van der Waals surface area contributed by atoms with Gasteiger partial charge in [-0.3, -0.25) is 0 Å². The van der Waals surface area contributed by atoms with Crippen LogP contribution in [0.1, 0.15) is 25.3 Å². The number of benzene rings is 1. The molecule has 0 saturated heterocycles. The molecule has 1 rings (SSSR count). The van der Waals surface area contributed by atoms with E-state index < -0.39 is 15.9 Å². The predicted molar refractivity (Wildman–Crippen MR) is 69.7 cm³/mol. The highest BCUT2D eigenvalue weighted by Gasteiger charge is 2.10. The van der Waals surface area contributed by atoms with E-state index >= 15 is 0 Å². The van der Waals surface area contributed by atoms with Crippen LogP contribution < -0.4 is 0 Å². The zero-order chi connectivity index (χ0) is 13.6. The molecule has 0 aromatic heterocycles. The molecule has 1 aromatic rings. The lowest BCUT2D eigenvalue weighted by Crippen LogP contribution is -2.14. The molecule has 18 heavy (non-hydrogen) atoms. The van der Waals surface area contributed by atoms with Crippen molar-refractivity contribution in [3.8, 4) is 0 Å². The normalized spacial score (nSPS) is 13.5. The smallest absolute Gasteiger partial charge is 0.150 e. The molecule has 1 N–H and O–H groups in total. The van der Waals surface area contributed by atoms with Crippen molar-refractivity contribution in [2.45, 2.75) is 32.3 Å². The van der Waals surface area contributed by atoms with Gasteiger partial charge in [0.2, 0.25) is 0 Å². The van der Waals surface area contributed by atoms with E-state index in [2.05, 4.69) is 0 Å². The monoisotopic (exact) mass is 274 g/mol. The zero-order valence-electron chi connectivity index (χ0n) is 10.5. The SMILES string of the molecule is CCS(=O)(=O)CCCC(O)Cc1ccc(F)cc1. The Morgan fingerprint density at radius 3 is 2.44 bits per heavy atom. The Balaban J connectivity index is 2.34. The lowest BCUT2D eigenvalue weighted by Gasteiger charge is -2.10. The number of rotatable bonds is 7. The van der Waals surface area contributed by atoms with E-state index in [0.717, 1.165) is 5.56 Å². The maximum absolute atomic E-state index is 12.7. The molecule has 0 spiro atoms. The molecule has 0 bridgehead atoms. The molecule has 0 heterocycles. The fraction of sp³-hybridized carbons (Fsp3) is 0.538. The number of aliphatic hydroxyl groups is 1. The van der Waals surface area contributed by atoms with Crippen molar-refractivity contribution in [1.82, 2.24) is 0 Å². The molecular formula is C13H19FO3S. The molecule has 3 nitrogen and oxygen atoms in total. The van der Waals surface area contributed by atoms with E-state index in [1.807, 2.05) is 0 Å². The van der Waals surface area contributed by atoms with Crippen molar-refractivity contribution in [3.05, 3.63) is 35.6 Å². The molecule has 102 valence electrons. The molecule has 0 aliphatic rings. The minimum atomic E-state index is -2.95. The van der Waals surface area contributed by atoms with Gasteiger partial charge in [-0.25, -0.2) is 12.8 Å². The molecule has 0 amide bonds. The molecule has 5 heteroatoms. The first kappa shape index (κ1) is 15.1. The van der Waals surface area contributed by atoms with Crippen LogP contribution in [-0.4, -0.2) is 31.1 Å². The topological polar surface area (TPSA) is 54.4 Å². The Bertz CT molecular complexity index is 454. The van der Waals surface area contributed by atoms with Crippen LogP contribution in [0.4, 0.5) is 4.39 Å². The van der Waals surface area contributed by atoms with Crippen LogP contribution in [0.15, 0.2) is 24.3 Å². The molecule has 0 radical (unpaired) electrons. The van der Waals surface area contributed by atoms with Gasteiger partial charge in [0, 0.05) is 5.75 Å². The lowest BCUT2D eigenvalue weighted by molar-refractivity contribution is 0.164. The maximum Gasteiger partial charge on any atom is 0.150 e. The van der Waals surface area contributed by atoms with Gasteiger partial charge in [-0.2, -0.15) is 0 Å². The highest BCUT2D eigenvalue weighted by atomic mass is 32.2. The first-order chi connectivity index (χ1) is 8.43. The highest BCUT2D eigenvalue weighted by Crippen LogP contribution is 2.09. The van der Waals surface area contributed by atoms with Gasteiger partial charge in [-0.05, 0) is 37.0 Å². The van der Waals surface area contributed by atoms with E-state index in [0.29, 0.717) is 19.3 Å². The summed E-state index contributed by atoms with van der Waals surface area (Å²) in [4.78, 5) is 0. The molecule has 0 fully saturated rings. The molecule has 0 aliphatic heterocycles. The van der Waals surface area contributed by atoms with Crippen molar-refractivity contribution in [2.24, 2.45) is 0 Å². The third-order valence-electron chi connectivity index (χ3n) is 2.82. The average Bonchev–Trinajstić information content (AvgIpc) is 2.32. The Morgan fingerprint density at radius 2 is 1.89 bits per heavy atom. The second-order valence-corrected chi connectivity index (χ2v) is 6.84. The number of hydrogen-bond acceptors (Lipinski definition) is 3. The van der Waals surface area contributed by atoms with Crippen molar-refractivity contribution >= 4 is 9.84 Å². The third-order valence-corrected chi connectivity index (χ3v) is 4.61. The van der Waals surface area contributed by atoms with Crippen LogP contribution >= 0.6 is 0 Å². The molecule has 1 aromatic carbocycles. The molecule has 1 unspecified atom stereocenters. The van der Waals surface area contributed by atoms with E-state index in [4.69, 9.17) is 0 Å². The van der Waals surface area contributed by atoms with Crippen molar-refractivity contribution in [1.29, 1.82) is 0 Å². The summed E-state index contributed by atoms with van der Waals surface area (Å²) >= 11 is 0. The average molecular weight is 274 g/mol. The third kappa shape index (κ3) is 5.60. The number of hydrogen-bond donors (Lipinski definition) is 1. The van der Waals surface area contributed by atoms with Crippen LogP contribution in [0.5, 0.6) is 0 Å². The summed E-state index contributed by atoms with van der Waals surface area (Å²) in [5, 5.41) is 9.75. The van der Waals surface area contributed by atoms with Crippen molar-refractivity contribution in [2.75, 3.05) is 11.5 Å². The Morgan fingerprint density at radius 1 is 1.28 bits per heavy atom. The van der Waals surface area contributed by atoms with Gasteiger partial charge < -0.3 is 5.11 Å². The standard InChI is InChI=1S/C13H19FO3S/c1-2-18(16,17)9-3-4-13(15)10-11-5-7-12(14)8-6-11/h5-8,13,15H,2-4,9-10H2,1H3. The summed E-state index contributed by atoms with van der Waals surface area (Å²) in [6, 6.07) is 5.95. The first-order valence-corrected chi connectivity index (χ1v) is 7.88. The van der Waals surface area contributed by atoms with Gasteiger partial charge in [0.15, 0.2) is 0 Å². The second kappa shape index (κ2) is 6.85. The summed E-state index contributed by atoms with van der Waals surface area (Å²) < 4.78 is 35.2. The summed E-state index contributed by atoms with van der Waals surface area (Å²) in [5.41, 5.74) is 0.849. The Kier molecular flexibility index (Phi) is 5.75. The van der Waals surface area contributed by atoms with E-state index in [-0.39, 0.29) is 17.3 Å².